The van der Waals surface area contributed by atoms with Crippen LogP contribution >= 0.6 is 0 Å². The SMILES string of the molecule is CC(=O)n1nc(C(=O)OCc2ccccc2)c2ccccc21. The minimum atomic E-state index is -0.542. The topological polar surface area (TPSA) is 61.2 Å². The van der Waals surface area contributed by atoms with Gasteiger partial charge in [-0.05, 0) is 11.6 Å². The van der Waals surface area contributed by atoms with E-state index in [-0.39, 0.29) is 18.2 Å². The van der Waals surface area contributed by atoms with Gasteiger partial charge >= 0.3 is 5.97 Å². The van der Waals surface area contributed by atoms with Crippen molar-refractivity contribution in [2.24, 2.45) is 0 Å². The number of rotatable bonds is 3. The zero-order valence-corrected chi connectivity index (χ0v) is 12.0. The van der Waals surface area contributed by atoms with Crippen LogP contribution in [0.1, 0.15) is 27.8 Å². The summed E-state index contributed by atoms with van der Waals surface area (Å²) in [7, 11) is 0. The van der Waals surface area contributed by atoms with Crippen LogP contribution in [0.3, 0.4) is 0 Å². The van der Waals surface area contributed by atoms with Crippen LogP contribution in [0.25, 0.3) is 10.9 Å². The molecule has 0 aliphatic rings. The fourth-order valence-electron chi connectivity index (χ4n) is 2.25. The Labute approximate surface area is 127 Å². The number of para-hydroxylation sites is 1. The van der Waals surface area contributed by atoms with E-state index in [4.69, 9.17) is 4.74 Å². The first-order valence-corrected chi connectivity index (χ1v) is 6.86. The van der Waals surface area contributed by atoms with Gasteiger partial charge < -0.3 is 4.74 Å². The number of esters is 1. The molecule has 0 fully saturated rings. The molecule has 0 amide bonds. The third-order valence-electron chi connectivity index (χ3n) is 3.29. The molecule has 0 atom stereocenters. The molecule has 0 aliphatic heterocycles. The first kappa shape index (κ1) is 14.0. The van der Waals surface area contributed by atoms with Gasteiger partial charge in [0.1, 0.15) is 6.61 Å². The van der Waals surface area contributed by atoms with Gasteiger partial charge in [-0.1, -0.05) is 48.5 Å². The molecular weight excluding hydrogens is 280 g/mol. The molecule has 0 radical (unpaired) electrons. The van der Waals surface area contributed by atoms with Crippen molar-refractivity contribution < 1.29 is 14.3 Å². The molecule has 3 aromatic rings. The summed E-state index contributed by atoms with van der Waals surface area (Å²) in [6, 6.07) is 16.5. The molecule has 0 unspecified atom stereocenters. The number of nitrogens with zero attached hydrogens (tertiary/aromatic N) is 2. The third kappa shape index (κ3) is 2.61. The third-order valence-corrected chi connectivity index (χ3v) is 3.29. The zero-order valence-electron chi connectivity index (χ0n) is 12.0. The molecule has 3 rings (SSSR count). The molecule has 0 saturated heterocycles. The monoisotopic (exact) mass is 294 g/mol. The predicted molar refractivity (Wildman–Crippen MR) is 81.6 cm³/mol. The zero-order chi connectivity index (χ0) is 15.5. The number of ether oxygens (including phenoxy) is 1. The molecule has 1 aromatic heterocycles. The quantitative estimate of drug-likeness (QED) is 0.697. The second-order valence-corrected chi connectivity index (χ2v) is 4.86. The number of carbonyl (C=O) groups is 2. The van der Waals surface area contributed by atoms with Crippen molar-refractivity contribution >= 4 is 22.8 Å². The maximum absolute atomic E-state index is 12.3. The lowest BCUT2D eigenvalue weighted by Crippen LogP contribution is -2.11. The number of hydrogen-bond acceptors (Lipinski definition) is 4. The van der Waals surface area contributed by atoms with Crippen molar-refractivity contribution in [2.45, 2.75) is 13.5 Å². The molecule has 22 heavy (non-hydrogen) atoms. The van der Waals surface area contributed by atoms with Crippen LogP contribution in [0.2, 0.25) is 0 Å². The van der Waals surface area contributed by atoms with Crippen LogP contribution in [0, 0.1) is 0 Å². The molecule has 0 saturated carbocycles. The summed E-state index contributed by atoms with van der Waals surface area (Å²) in [5, 5.41) is 4.70. The molecule has 0 bridgehead atoms. The van der Waals surface area contributed by atoms with Crippen molar-refractivity contribution in [1.82, 2.24) is 9.78 Å². The van der Waals surface area contributed by atoms with Gasteiger partial charge in [-0.15, -0.1) is 0 Å². The number of aromatic nitrogens is 2. The molecule has 5 heteroatoms. The second kappa shape index (κ2) is 5.81. The van der Waals surface area contributed by atoms with Gasteiger partial charge in [-0.2, -0.15) is 9.78 Å². The van der Waals surface area contributed by atoms with Gasteiger partial charge in [0.25, 0.3) is 0 Å². The van der Waals surface area contributed by atoms with Crippen LogP contribution in [-0.4, -0.2) is 21.7 Å². The van der Waals surface area contributed by atoms with Crippen molar-refractivity contribution in [1.29, 1.82) is 0 Å². The summed E-state index contributed by atoms with van der Waals surface area (Å²) in [6.07, 6.45) is 0. The highest BCUT2D eigenvalue weighted by atomic mass is 16.5. The van der Waals surface area contributed by atoms with Crippen LogP contribution in [0.4, 0.5) is 0 Å². The van der Waals surface area contributed by atoms with Gasteiger partial charge in [0.15, 0.2) is 5.69 Å². The van der Waals surface area contributed by atoms with Crippen LogP contribution in [0.5, 0.6) is 0 Å². The summed E-state index contributed by atoms with van der Waals surface area (Å²) >= 11 is 0. The Bertz CT molecular complexity index is 837. The molecule has 0 N–H and O–H groups in total. The molecule has 5 nitrogen and oxygen atoms in total. The molecule has 2 aromatic carbocycles. The number of hydrogen-bond donors (Lipinski definition) is 0. The molecule has 0 aliphatic carbocycles. The van der Waals surface area contributed by atoms with Crippen molar-refractivity contribution in [3.05, 3.63) is 65.9 Å². The molecular formula is C17H14N2O3. The Morgan fingerprint density at radius 1 is 1.05 bits per heavy atom. The van der Waals surface area contributed by atoms with Crippen molar-refractivity contribution in [2.75, 3.05) is 0 Å². The van der Waals surface area contributed by atoms with Gasteiger partial charge in [-0.25, -0.2) is 4.79 Å². The van der Waals surface area contributed by atoms with Crippen molar-refractivity contribution in [3.8, 4) is 0 Å². The van der Waals surface area contributed by atoms with Crippen LogP contribution in [0.15, 0.2) is 54.6 Å². The van der Waals surface area contributed by atoms with E-state index in [9.17, 15) is 9.59 Å². The molecule has 1 heterocycles. The average Bonchev–Trinajstić information content (AvgIpc) is 2.93. The van der Waals surface area contributed by atoms with Crippen LogP contribution < -0.4 is 0 Å². The van der Waals surface area contributed by atoms with E-state index in [1.807, 2.05) is 30.3 Å². The summed E-state index contributed by atoms with van der Waals surface area (Å²) in [4.78, 5) is 23.9. The minimum absolute atomic E-state index is 0.154. The summed E-state index contributed by atoms with van der Waals surface area (Å²) < 4.78 is 6.51. The van der Waals surface area contributed by atoms with E-state index in [1.165, 1.54) is 11.6 Å². The second-order valence-electron chi connectivity index (χ2n) is 4.86. The highest BCUT2D eigenvalue weighted by Crippen LogP contribution is 2.19. The van der Waals surface area contributed by atoms with Gasteiger partial charge in [0.05, 0.1) is 5.52 Å². The van der Waals surface area contributed by atoms with E-state index >= 15 is 0 Å². The minimum Gasteiger partial charge on any atom is -0.456 e. The molecule has 110 valence electrons. The van der Waals surface area contributed by atoms with Crippen LogP contribution in [-0.2, 0) is 11.3 Å². The highest BCUT2D eigenvalue weighted by Gasteiger charge is 2.19. The fraction of sp³-hybridized carbons (Fsp3) is 0.118. The summed E-state index contributed by atoms with van der Waals surface area (Å²) in [6.45, 7) is 1.57. The standard InChI is InChI=1S/C17H14N2O3/c1-12(20)19-15-10-6-5-9-14(15)16(18-19)17(21)22-11-13-7-3-2-4-8-13/h2-10H,11H2,1H3. The molecule has 0 spiro atoms. The Morgan fingerprint density at radius 2 is 1.73 bits per heavy atom. The summed E-state index contributed by atoms with van der Waals surface area (Å²) in [5.41, 5.74) is 1.65. The number of fused-ring (bicyclic) bond motifs is 1. The van der Waals surface area contributed by atoms with E-state index in [1.54, 1.807) is 24.3 Å². The average molecular weight is 294 g/mol. The van der Waals surface area contributed by atoms with Gasteiger partial charge in [0, 0.05) is 12.3 Å². The lowest BCUT2D eigenvalue weighted by Gasteiger charge is -2.03. The van der Waals surface area contributed by atoms with E-state index in [0.717, 1.165) is 5.56 Å². The predicted octanol–water partition coefficient (Wildman–Crippen LogP) is 3.05. The first-order valence-electron chi connectivity index (χ1n) is 6.86. The Morgan fingerprint density at radius 3 is 2.45 bits per heavy atom. The Kier molecular flexibility index (Phi) is 3.70. The van der Waals surface area contributed by atoms with E-state index in [2.05, 4.69) is 5.10 Å². The lowest BCUT2D eigenvalue weighted by atomic mass is 10.2. The number of benzene rings is 2. The smallest absolute Gasteiger partial charge is 0.359 e. The lowest BCUT2D eigenvalue weighted by molar-refractivity contribution is 0.0467. The Hall–Kier alpha value is -2.95. The van der Waals surface area contributed by atoms with Gasteiger partial charge in [0.2, 0.25) is 5.91 Å². The highest BCUT2D eigenvalue weighted by molar-refractivity contribution is 6.04. The fourth-order valence-corrected chi connectivity index (χ4v) is 2.25. The van der Waals surface area contributed by atoms with E-state index in [0.29, 0.717) is 10.9 Å². The summed E-state index contributed by atoms with van der Waals surface area (Å²) in [5.74, 6) is -0.793. The normalized spacial score (nSPS) is 10.6. The van der Waals surface area contributed by atoms with E-state index < -0.39 is 5.97 Å². The largest absolute Gasteiger partial charge is 0.456 e. The number of carbonyl (C=O) groups excluding carboxylic acids is 2. The van der Waals surface area contributed by atoms with Gasteiger partial charge in [-0.3, -0.25) is 4.79 Å². The maximum Gasteiger partial charge on any atom is 0.359 e. The first-order chi connectivity index (χ1) is 10.7. The maximum atomic E-state index is 12.3. The van der Waals surface area contributed by atoms with Crippen molar-refractivity contribution in [3.63, 3.8) is 0 Å². The Balaban J connectivity index is 1.89.